The van der Waals surface area contributed by atoms with Gasteiger partial charge in [0, 0.05) is 26.7 Å². The van der Waals surface area contributed by atoms with E-state index in [-0.39, 0.29) is 35.1 Å². The highest BCUT2D eigenvalue weighted by molar-refractivity contribution is 7.89. The second kappa shape index (κ2) is 10.9. The summed E-state index contributed by atoms with van der Waals surface area (Å²) >= 11 is 6.10. The zero-order valence-electron chi connectivity index (χ0n) is 18.3. The number of ether oxygens (including phenoxy) is 1. The van der Waals surface area contributed by atoms with Crippen LogP contribution in [-0.4, -0.2) is 55.7 Å². The summed E-state index contributed by atoms with van der Waals surface area (Å²) in [4.78, 5) is 26.5. The maximum Gasteiger partial charge on any atom is 0.340 e. The number of likely N-dealkylation sites (N-methyl/N-ethyl adjacent to an activating group) is 1. The molecule has 0 fully saturated rings. The Morgan fingerprint density at radius 2 is 1.78 bits per heavy atom. The minimum absolute atomic E-state index is 0.00117. The van der Waals surface area contributed by atoms with Gasteiger partial charge in [0.2, 0.25) is 10.0 Å². The van der Waals surface area contributed by atoms with E-state index in [1.807, 2.05) is 0 Å². The first-order valence-corrected chi connectivity index (χ1v) is 11.8. The molecule has 0 saturated carbocycles. The van der Waals surface area contributed by atoms with E-state index in [9.17, 15) is 22.4 Å². The Kier molecular flexibility index (Phi) is 8.77. The van der Waals surface area contributed by atoms with Gasteiger partial charge in [-0.1, -0.05) is 37.6 Å². The molecule has 10 heteroatoms. The van der Waals surface area contributed by atoms with Crippen LogP contribution < -0.4 is 0 Å². The van der Waals surface area contributed by atoms with Crippen molar-refractivity contribution in [2.24, 2.45) is 0 Å². The third kappa shape index (κ3) is 6.05. The predicted octanol–water partition coefficient (Wildman–Crippen LogP) is 3.71. The molecule has 1 amide bonds. The lowest BCUT2D eigenvalue weighted by Gasteiger charge is -2.22. The highest BCUT2D eigenvalue weighted by Gasteiger charge is 2.27. The third-order valence-corrected chi connectivity index (χ3v) is 7.19. The van der Waals surface area contributed by atoms with E-state index >= 15 is 0 Å². The fraction of sp³-hybridized carbons (Fsp3) is 0.364. The summed E-state index contributed by atoms with van der Waals surface area (Å²) in [7, 11) is -2.31. The van der Waals surface area contributed by atoms with Gasteiger partial charge in [-0.2, -0.15) is 4.31 Å². The number of halogens is 2. The molecule has 174 valence electrons. The number of hydrogen-bond acceptors (Lipinski definition) is 5. The van der Waals surface area contributed by atoms with E-state index < -0.39 is 33.8 Å². The van der Waals surface area contributed by atoms with Gasteiger partial charge in [-0.05, 0) is 42.8 Å². The van der Waals surface area contributed by atoms with Crippen molar-refractivity contribution >= 4 is 33.5 Å². The van der Waals surface area contributed by atoms with Crippen LogP contribution >= 0.6 is 11.6 Å². The van der Waals surface area contributed by atoms with Crippen LogP contribution in [0, 0.1) is 5.82 Å². The Morgan fingerprint density at radius 1 is 1.12 bits per heavy atom. The van der Waals surface area contributed by atoms with Crippen molar-refractivity contribution in [3.05, 3.63) is 64.4 Å². The number of amides is 1. The maximum atomic E-state index is 13.4. The van der Waals surface area contributed by atoms with Crippen LogP contribution in [0.25, 0.3) is 0 Å². The van der Waals surface area contributed by atoms with Crippen LogP contribution in [-0.2, 0) is 26.1 Å². The number of rotatable bonds is 9. The SMILES string of the molecule is CCN(CC)S(=O)(=O)c1ccc(Cl)c(C(=O)OC(C)C(=O)N(C)Cc2cccc(F)c2)c1. The molecule has 0 aliphatic rings. The molecule has 0 aromatic heterocycles. The number of nitrogens with zero attached hydrogens (tertiary/aromatic N) is 2. The van der Waals surface area contributed by atoms with Gasteiger partial charge >= 0.3 is 5.97 Å². The Hall–Kier alpha value is -2.49. The fourth-order valence-electron chi connectivity index (χ4n) is 3.11. The van der Waals surface area contributed by atoms with Gasteiger partial charge in [0.25, 0.3) is 5.91 Å². The summed E-state index contributed by atoms with van der Waals surface area (Å²) in [5.74, 6) is -1.85. The number of hydrogen-bond donors (Lipinski definition) is 0. The molecule has 32 heavy (non-hydrogen) atoms. The normalized spacial score (nSPS) is 12.5. The molecule has 0 N–H and O–H groups in total. The Labute approximate surface area is 192 Å². The quantitative estimate of drug-likeness (QED) is 0.506. The number of benzene rings is 2. The number of sulfonamides is 1. The molecule has 0 radical (unpaired) electrons. The lowest BCUT2D eigenvalue weighted by molar-refractivity contribution is -0.139. The van der Waals surface area contributed by atoms with Crippen LogP contribution in [0.3, 0.4) is 0 Å². The summed E-state index contributed by atoms with van der Waals surface area (Å²) in [6.07, 6.45) is -1.17. The highest BCUT2D eigenvalue weighted by atomic mass is 35.5. The largest absolute Gasteiger partial charge is 0.449 e. The van der Waals surface area contributed by atoms with E-state index in [0.29, 0.717) is 5.56 Å². The lowest BCUT2D eigenvalue weighted by atomic mass is 10.2. The van der Waals surface area contributed by atoms with Crippen molar-refractivity contribution in [2.45, 2.75) is 38.3 Å². The smallest absolute Gasteiger partial charge is 0.340 e. The van der Waals surface area contributed by atoms with Gasteiger partial charge in [0.05, 0.1) is 15.5 Å². The van der Waals surface area contributed by atoms with E-state index in [2.05, 4.69) is 0 Å². The summed E-state index contributed by atoms with van der Waals surface area (Å²) in [5, 5.41) is 0.00117. The summed E-state index contributed by atoms with van der Waals surface area (Å²) in [6, 6.07) is 9.58. The molecule has 0 spiro atoms. The van der Waals surface area contributed by atoms with Crippen LogP contribution in [0.2, 0.25) is 5.02 Å². The van der Waals surface area contributed by atoms with Crippen LogP contribution in [0.1, 0.15) is 36.7 Å². The van der Waals surface area contributed by atoms with Crippen LogP contribution in [0.15, 0.2) is 47.4 Å². The Morgan fingerprint density at radius 3 is 2.38 bits per heavy atom. The average molecular weight is 485 g/mol. The Bertz CT molecular complexity index is 1090. The third-order valence-electron chi connectivity index (χ3n) is 4.82. The standard InChI is InChI=1S/C22H26ClFN2O5S/c1-5-26(6-2)32(29,30)18-10-11-20(23)19(13-18)22(28)31-15(3)21(27)25(4)14-16-8-7-9-17(24)12-16/h7-13,15H,5-6,14H2,1-4H3. The van der Waals surface area contributed by atoms with Gasteiger partial charge in [-0.15, -0.1) is 0 Å². The average Bonchev–Trinajstić information content (AvgIpc) is 2.73. The minimum Gasteiger partial charge on any atom is -0.449 e. The molecule has 0 aliphatic heterocycles. The topological polar surface area (TPSA) is 84.0 Å². The monoisotopic (exact) mass is 484 g/mol. The maximum absolute atomic E-state index is 13.4. The lowest BCUT2D eigenvalue weighted by Crippen LogP contribution is -2.37. The molecule has 2 rings (SSSR count). The fourth-order valence-corrected chi connectivity index (χ4v) is 4.79. The molecule has 1 unspecified atom stereocenters. The summed E-state index contributed by atoms with van der Waals surface area (Å²) < 4.78 is 45.3. The van der Waals surface area contributed by atoms with E-state index in [1.54, 1.807) is 19.9 Å². The van der Waals surface area contributed by atoms with Crippen molar-refractivity contribution in [1.29, 1.82) is 0 Å². The number of carbonyl (C=O) groups excluding carboxylic acids is 2. The van der Waals surface area contributed by atoms with Gasteiger partial charge in [0.15, 0.2) is 6.10 Å². The molecule has 0 heterocycles. The molecule has 2 aromatic rings. The van der Waals surface area contributed by atoms with Gasteiger partial charge < -0.3 is 9.64 Å². The van der Waals surface area contributed by atoms with E-state index in [0.717, 1.165) is 6.07 Å². The van der Waals surface area contributed by atoms with Crippen molar-refractivity contribution in [1.82, 2.24) is 9.21 Å². The van der Waals surface area contributed by atoms with Crippen molar-refractivity contribution in [3.63, 3.8) is 0 Å². The second-order valence-corrected chi connectivity index (χ2v) is 9.45. The first kappa shape index (κ1) is 25.8. The Balaban J connectivity index is 2.16. The van der Waals surface area contributed by atoms with Crippen molar-refractivity contribution < 1.29 is 27.1 Å². The van der Waals surface area contributed by atoms with Crippen LogP contribution in [0.5, 0.6) is 0 Å². The first-order valence-electron chi connectivity index (χ1n) is 10.0. The van der Waals surface area contributed by atoms with Crippen molar-refractivity contribution in [2.75, 3.05) is 20.1 Å². The van der Waals surface area contributed by atoms with Gasteiger partial charge in [0.1, 0.15) is 5.82 Å². The van der Waals surface area contributed by atoms with Gasteiger partial charge in [-0.3, -0.25) is 4.79 Å². The van der Waals surface area contributed by atoms with E-state index in [4.69, 9.17) is 16.3 Å². The zero-order valence-corrected chi connectivity index (χ0v) is 19.9. The number of carbonyl (C=O) groups is 2. The van der Waals surface area contributed by atoms with Crippen LogP contribution in [0.4, 0.5) is 4.39 Å². The molecule has 1 atom stereocenters. The predicted molar refractivity (Wildman–Crippen MR) is 119 cm³/mol. The minimum atomic E-state index is -3.81. The molecular formula is C22H26ClFN2O5S. The molecular weight excluding hydrogens is 459 g/mol. The van der Waals surface area contributed by atoms with E-state index in [1.165, 1.54) is 53.5 Å². The number of esters is 1. The molecule has 0 aliphatic carbocycles. The molecule has 0 bridgehead atoms. The molecule has 7 nitrogen and oxygen atoms in total. The van der Waals surface area contributed by atoms with Crippen molar-refractivity contribution in [3.8, 4) is 0 Å². The zero-order chi connectivity index (χ0) is 24.1. The van der Waals surface area contributed by atoms with Gasteiger partial charge in [-0.25, -0.2) is 17.6 Å². The molecule has 2 aromatic carbocycles. The summed E-state index contributed by atoms with van der Waals surface area (Å²) in [6.45, 7) is 5.47. The molecule has 0 saturated heterocycles. The first-order chi connectivity index (χ1) is 15.0. The summed E-state index contributed by atoms with van der Waals surface area (Å²) in [5.41, 5.74) is 0.420. The second-order valence-electron chi connectivity index (χ2n) is 7.10. The highest BCUT2D eigenvalue weighted by Crippen LogP contribution is 2.24.